The largest absolute Gasteiger partial charge is 0.349 e. The number of hydrogen-bond donors (Lipinski definition) is 0. The molecule has 0 saturated carbocycles. The molecule has 3 heteroatoms. The number of hydrogen-bond acceptors (Lipinski definition) is 3. The molecule has 0 aromatic heterocycles. The van der Waals surface area contributed by atoms with Crippen molar-refractivity contribution in [2.24, 2.45) is 0 Å². The molecule has 0 radical (unpaired) electrons. The molecule has 0 saturated heterocycles. The molecule has 1 aromatic rings. The minimum atomic E-state index is -0.585. The molecule has 0 unspecified atom stereocenters. The van der Waals surface area contributed by atoms with Crippen molar-refractivity contribution in [1.29, 1.82) is 5.26 Å². The van der Waals surface area contributed by atoms with E-state index < -0.39 is 5.79 Å². The van der Waals surface area contributed by atoms with E-state index in [1.54, 1.807) is 20.3 Å². The van der Waals surface area contributed by atoms with Gasteiger partial charge in [0.25, 0.3) is 0 Å². The Balaban J connectivity index is 0.000000550. The van der Waals surface area contributed by atoms with Gasteiger partial charge in [-0.25, -0.2) is 0 Å². The lowest BCUT2D eigenvalue weighted by Gasteiger charge is -2.29. The molecular weight excluding hydrogens is 238 g/mol. The standard InChI is InChI=1S/C14H16O2.C2H3N/c1-15-14(16-2)10-8-13(9-11-14)12-6-4-3-5-7-12;1-2-3/h3-10H,11H2,1-2H3;1H3. The van der Waals surface area contributed by atoms with Gasteiger partial charge in [-0.15, -0.1) is 0 Å². The average molecular weight is 257 g/mol. The van der Waals surface area contributed by atoms with Gasteiger partial charge in [-0.05, 0) is 17.2 Å². The number of allylic oxidation sites excluding steroid dienone is 2. The molecule has 2 rings (SSSR count). The second kappa shape index (κ2) is 7.52. The Kier molecular flexibility index (Phi) is 6.01. The smallest absolute Gasteiger partial charge is 0.190 e. The van der Waals surface area contributed by atoms with Crippen LogP contribution in [0.4, 0.5) is 0 Å². The normalized spacial score (nSPS) is 15.8. The zero-order chi connectivity index (χ0) is 14.1. The van der Waals surface area contributed by atoms with Crippen molar-refractivity contribution in [2.45, 2.75) is 19.1 Å². The number of nitriles is 1. The topological polar surface area (TPSA) is 42.2 Å². The van der Waals surface area contributed by atoms with E-state index >= 15 is 0 Å². The number of methoxy groups -OCH3 is 2. The van der Waals surface area contributed by atoms with Crippen molar-refractivity contribution in [2.75, 3.05) is 14.2 Å². The van der Waals surface area contributed by atoms with Gasteiger partial charge in [0.2, 0.25) is 0 Å². The van der Waals surface area contributed by atoms with Gasteiger partial charge < -0.3 is 9.47 Å². The van der Waals surface area contributed by atoms with Crippen LogP contribution in [0.3, 0.4) is 0 Å². The van der Waals surface area contributed by atoms with Gasteiger partial charge in [-0.2, -0.15) is 5.26 Å². The summed E-state index contributed by atoms with van der Waals surface area (Å²) in [4.78, 5) is 0. The van der Waals surface area contributed by atoms with Gasteiger partial charge in [0.05, 0.1) is 6.07 Å². The molecular formula is C16H19NO2. The van der Waals surface area contributed by atoms with Crippen molar-refractivity contribution in [1.82, 2.24) is 0 Å². The van der Waals surface area contributed by atoms with Crippen LogP contribution >= 0.6 is 0 Å². The summed E-state index contributed by atoms with van der Waals surface area (Å²) in [6.07, 6.45) is 6.89. The van der Waals surface area contributed by atoms with Crippen molar-refractivity contribution >= 4 is 5.57 Å². The average Bonchev–Trinajstić information content (AvgIpc) is 2.49. The Hall–Kier alpha value is -1.89. The second-order valence-electron chi connectivity index (χ2n) is 4.01. The Morgan fingerprint density at radius 2 is 1.74 bits per heavy atom. The molecule has 0 atom stereocenters. The Labute approximate surface area is 114 Å². The van der Waals surface area contributed by atoms with Crippen LogP contribution in [0.1, 0.15) is 18.9 Å². The fourth-order valence-electron chi connectivity index (χ4n) is 1.84. The summed E-state index contributed by atoms with van der Waals surface area (Å²) in [5.41, 5.74) is 2.44. The van der Waals surface area contributed by atoms with Crippen LogP contribution in [-0.4, -0.2) is 20.0 Å². The highest BCUT2D eigenvalue weighted by Crippen LogP contribution is 2.29. The molecule has 0 fully saturated rings. The van der Waals surface area contributed by atoms with Crippen molar-refractivity contribution < 1.29 is 9.47 Å². The van der Waals surface area contributed by atoms with Crippen LogP contribution in [0.5, 0.6) is 0 Å². The maximum Gasteiger partial charge on any atom is 0.190 e. The lowest BCUT2D eigenvalue weighted by molar-refractivity contribution is -0.167. The molecule has 100 valence electrons. The molecule has 1 aliphatic rings. The third-order valence-electron chi connectivity index (χ3n) is 2.92. The first-order chi connectivity index (χ1) is 9.21. The van der Waals surface area contributed by atoms with E-state index in [1.807, 2.05) is 30.4 Å². The SMILES string of the molecule is CC#N.COC1(OC)C=CC(c2ccccc2)=CC1. The van der Waals surface area contributed by atoms with Gasteiger partial charge >= 0.3 is 0 Å². The van der Waals surface area contributed by atoms with E-state index in [0.29, 0.717) is 0 Å². The predicted octanol–water partition coefficient (Wildman–Crippen LogP) is 3.55. The summed E-state index contributed by atoms with van der Waals surface area (Å²) in [6, 6.07) is 12.0. The maximum absolute atomic E-state index is 7.32. The van der Waals surface area contributed by atoms with Crippen LogP contribution in [0.25, 0.3) is 5.57 Å². The maximum atomic E-state index is 7.32. The van der Waals surface area contributed by atoms with Crippen LogP contribution < -0.4 is 0 Å². The third kappa shape index (κ3) is 4.06. The molecule has 0 aliphatic heterocycles. The number of nitrogens with zero attached hydrogens (tertiary/aromatic N) is 1. The monoisotopic (exact) mass is 257 g/mol. The van der Waals surface area contributed by atoms with E-state index in [4.69, 9.17) is 14.7 Å². The van der Waals surface area contributed by atoms with E-state index in [2.05, 4.69) is 18.2 Å². The number of rotatable bonds is 3. The first kappa shape index (κ1) is 15.2. The van der Waals surface area contributed by atoms with Gasteiger partial charge in [0.15, 0.2) is 5.79 Å². The van der Waals surface area contributed by atoms with Gasteiger partial charge in [-0.1, -0.05) is 42.5 Å². The first-order valence-electron chi connectivity index (χ1n) is 6.07. The Bertz CT molecular complexity index is 479. The predicted molar refractivity (Wildman–Crippen MR) is 76.2 cm³/mol. The molecule has 0 heterocycles. The highest BCUT2D eigenvalue weighted by Gasteiger charge is 2.27. The fourth-order valence-corrected chi connectivity index (χ4v) is 1.84. The van der Waals surface area contributed by atoms with Crippen LogP contribution in [0.2, 0.25) is 0 Å². The molecule has 1 aliphatic carbocycles. The quantitative estimate of drug-likeness (QED) is 0.778. The lowest BCUT2D eigenvalue weighted by atomic mass is 9.96. The van der Waals surface area contributed by atoms with Gasteiger partial charge in [0.1, 0.15) is 0 Å². The minimum absolute atomic E-state index is 0.585. The molecule has 0 bridgehead atoms. The zero-order valence-corrected chi connectivity index (χ0v) is 11.6. The highest BCUT2D eigenvalue weighted by molar-refractivity contribution is 5.75. The molecule has 19 heavy (non-hydrogen) atoms. The summed E-state index contributed by atoms with van der Waals surface area (Å²) < 4.78 is 10.7. The van der Waals surface area contributed by atoms with E-state index in [-0.39, 0.29) is 0 Å². The molecule has 1 aromatic carbocycles. The Morgan fingerprint density at radius 1 is 1.16 bits per heavy atom. The molecule has 3 nitrogen and oxygen atoms in total. The van der Waals surface area contributed by atoms with E-state index in [0.717, 1.165) is 6.42 Å². The summed E-state index contributed by atoms with van der Waals surface area (Å²) in [5, 5.41) is 7.32. The van der Waals surface area contributed by atoms with Gasteiger partial charge in [0, 0.05) is 27.6 Å². The summed E-state index contributed by atoms with van der Waals surface area (Å²) in [6.45, 7) is 1.43. The number of benzene rings is 1. The van der Waals surface area contributed by atoms with Crippen molar-refractivity contribution in [3.8, 4) is 6.07 Å². The minimum Gasteiger partial charge on any atom is -0.349 e. The molecule has 0 amide bonds. The summed E-state index contributed by atoms with van der Waals surface area (Å²) >= 11 is 0. The zero-order valence-electron chi connectivity index (χ0n) is 11.6. The van der Waals surface area contributed by atoms with Crippen LogP contribution in [0.15, 0.2) is 48.6 Å². The molecule has 0 spiro atoms. The Morgan fingerprint density at radius 3 is 2.16 bits per heavy atom. The lowest BCUT2D eigenvalue weighted by Crippen LogP contribution is -2.31. The van der Waals surface area contributed by atoms with Crippen LogP contribution in [-0.2, 0) is 9.47 Å². The van der Waals surface area contributed by atoms with Crippen LogP contribution in [0, 0.1) is 11.3 Å². The van der Waals surface area contributed by atoms with E-state index in [9.17, 15) is 0 Å². The molecule has 0 N–H and O–H groups in total. The second-order valence-corrected chi connectivity index (χ2v) is 4.01. The van der Waals surface area contributed by atoms with E-state index in [1.165, 1.54) is 18.1 Å². The van der Waals surface area contributed by atoms with Gasteiger partial charge in [-0.3, -0.25) is 0 Å². The third-order valence-corrected chi connectivity index (χ3v) is 2.92. The number of ether oxygens (including phenoxy) is 2. The fraction of sp³-hybridized carbons (Fsp3) is 0.312. The first-order valence-corrected chi connectivity index (χ1v) is 6.07. The summed E-state index contributed by atoms with van der Waals surface area (Å²) in [5.74, 6) is -0.585. The van der Waals surface area contributed by atoms with Crippen molar-refractivity contribution in [3.63, 3.8) is 0 Å². The highest BCUT2D eigenvalue weighted by atomic mass is 16.7. The van der Waals surface area contributed by atoms with Crippen molar-refractivity contribution in [3.05, 3.63) is 54.1 Å². The summed E-state index contributed by atoms with van der Waals surface area (Å²) in [7, 11) is 3.32.